The fourth-order valence-corrected chi connectivity index (χ4v) is 1.72. The first kappa shape index (κ1) is 10.8. The largest absolute Gasteiger partial charge is 0.475 e. The minimum absolute atomic E-state index is 0.317. The van der Waals surface area contributed by atoms with Crippen LogP contribution in [0.4, 0.5) is 5.69 Å². The van der Waals surface area contributed by atoms with Crippen LogP contribution in [-0.4, -0.2) is 25.2 Å². The van der Waals surface area contributed by atoms with E-state index in [0.717, 1.165) is 11.3 Å². The summed E-state index contributed by atoms with van der Waals surface area (Å²) in [7, 11) is 0. The van der Waals surface area contributed by atoms with Gasteiger partial charge in [-0.1, -0.05) is 12.1 Å². The van der Waals surface area contributed by atoms with Gasteiger partial charge in [0.25, 0.3) is 0 Å². The van der Waals surface area contributed by atoms with Crippen LogP contribution >= 0.6 is 0 Å². The molecule has 0 aliphatic carbocycles. The molecule has 2 rings (SSSR count). The highest BCUT2D eigenvalue weighted by atomic mass is 16.6. The fourth-order valence-electron chi connectivity index (χ4n) is 1.72. The lowest BCUT2D eigenvalue weighted by Crippen LogP contribution is -2.39. The summed E-state index contributed by atoms with van der Waals surface area (Å²) in [6.07, 6.45) is -0.547. The van der Waals surface area contributed by atoms with Crippen molar-refractivity contribution in [3.8, 4) is 5.75 Å². The van der Waals surface area contributed by atoms with E-state index in [1.807, 2.05) is 25.1 Å². The Balaban J connectivity index is 2.15. The van der Waals surface area contributed by atoms with E-state index in [1.54, 1.807) is 6.92 Å². The van der Waals surface area contributed by atoms with E-state index >= 15 is 0 Å². The number of anilines is 1. The van der Waals surface area contributed by atoms with E-state index in [9.17, 15) is 4.79 Å². The molecule has 4 nitrogen and oxygen atoms in total. The maximum absolute atomic E-state index is 11.5. The lowest BCUT2D eigenvalue weighted by Gasteiger charge is -2.26. The highest BCUT2D eigenvalue weighted by Crippen LogP contribution is 2.31. The normalized spacial score (nSPS) is 18.0. The maximum atomic E-state index is 11.5. The van der Waals surface area contributed by atoms with Crippen molar-refractivity contribution in [2.75, 3.05) is 18.5 Å². The summed E-state index contributed by atoms with van der Waals surface area (Å²) in [5, 5.41) is 3.19. The van der Waals surface area contributed by atoms with Crippen molar-refractivity contribution in [3.05, 3.63) is 23.8 Å². The number of benzene rings is 1. The van der Waals surface area contributed by atoms with Crippen LogP contribution in [-0.2, 0) is 9.53 Å². The van der Waals surface area contributed by atoms with E-state index in [-0.39, 0.29) is 5.97 Å². The molecule has 86 valence electrons. The number of esters is 1. The lowest BCUT2D eigenvalue weighted by molar-refractivity contribution is -0.150. The highest BCUT2D eigenvalue weighted by molar-refractivity contribution is 5.78. The Morgan fingerprint density at radius 1 is 1.62 bits per heavy atom. The molecule has 1 heterocycles. The van der Waals surface area contributed by atoms with E-state index in [1.165, 1.54) is 0 Å². The molecule has 1 aromatic carbocycles. The second-order valence-electron chi connectivity index (χ2n) is 3.69. The van der Waals surface area contributed by atoms with Gasteiger partial charge in [0.05, 0.1) is 18.8 Å². The second-order valence-corrected chi connectivity index (χ2v) is 3.69. The van der Waals surface area contributed by atoms with Crippen molar-refractivity contribution in [2.45, 2.75) is 20.0 Å². The quantitative estimate of drug-likeness (QED) is 0.773. The predicted molar refractivity (Wildman–Crippen MR) is 60.7 cm³/mol. The van der Waals surface area contributed by atoms with Crippen LogP contribution in [0.1, 0.15) is 12.5 Å². The Morgan fingerprint density at radius 3 is 3.19 bits per heavy atom. The number of ether oxygens (including phenoxy) is 2. The lowest BCUT2D eigenvalue weighted by atomic mass is 10.1. The van der Waals surface area contributed by atoms with Crippen LogP contribution < -0.4 is 10.1 Å². The second kappa shape index (κ2) is 4.43. The number of carbonyl (C=O) groups is 1. The molecule has 0 saturated carbocycles. The van der Waals surface area contributed by atoms with Crippen molar-refractivity contribution in [1.29, 1.82) is 0 Å². The molecule has 4 heteroatoms. The summed E-state index contributed by atoms with van der Waals surface area (Å²) in [6, 6.07) is 5.75. The van der Waals surface area contributed by atoms with E-state index < -0.39 is 6.10 Å². The average Bonchev–Trinajstić information content (AvgIpc) is 2.29. The summed E-state index contributed by atoms with van der Waals surface area (Å²) < 4.78 is 10.5. The Bertz CT molecular complexity index is 403. The van der Waals surface area contributed by atoms with Gasteiger partial charge in [0.2, 0.25) is 6.10 Å². The van der Waals surface area contributed by atoms with Crippen molar-refractivity contribution < 1.29 is 14.3 Å². The number of aryl methyl sites for hydroxylation is 1. The Morgan fingerprint density at radius 2 is 2.44 bits per heavy atom. The first-order chi connectivity index (χ1) is 7.72. The summed E-state index contributed by atoms with van der Waals surface area (Å²) >= 11 is 0. The van der Waals surface area contributed by atoms with Gasteiger partial charge in [0.15, 0.2) is 0 Å². The van der Waals surface area contributed by atoms with Crippen molar-refractivity contribution >= 4 is 11.7 Å². The monoisotopic (exact) mass is 221 g/mol. The summed E-state index contributed by atoms with van der Waals surface area (Å²) in [5.41, 5.74) is 2.07. The third-order valence-electron chi connectivity index (χ3n) is 2.52. The smallest absolute Gasteiger partial charge is 0.349 e. The van der Waals surface area contributed by atoms with Crippen LogP contribution in [0.15, 0.2) is 18.2 Å². The molecule has 0 saturated heterocycles. The molecule has 1 N–H and O–H groups in total. The molecule has 1 atom stereocenters. The van der Waals surface area contributed by atoms with Gasteiger partial charge in [-0.2, -0.15) is 0 Å². The topological polar surface area (TPSA) is 47.6 Å². The van der Waals surface area contributed by atoms with Crippen LogP contribution in [0.5, 0.6) is 5.75 Å². The minimum atomic E-state index is -0.547. The third kappa shape index (κ3) is 1.96. The van der Waals surface area contributed by atoms with Gasteiger partial charge < -0.3 is 14.8 Å². The van der Waals surface area contributed by atoms with Crippen molar-refractivity contribution in [1.82, 2.24) is 0 Å². The average molecular weight is 221 g/mol. The molecular formula is C12H15NO3. The van der Waals surface area contributed by atoms with Gasteiger partial charge in [-0.3, -0.25) is 0 Å². The number of nitrogens with one attached hydrogen (secondary N) is 1. The number of hydrogen-bond acceptors (Lipinski definition) is 4. The van der Waals surface area contributed by atoms with Crippen LogP contribution in [0.25, 0.3) is 0 Å². The van der Waals surface area contributed by atoms with Crippen molar-refractivity contribution in [3.63, 3.8) is 0 Å². The summed E-state index contributed by atoms with van der Waals surface area (Å²) in [5.74, 6) is 0.395. The van der Waals surface area contributed by atoms with E-state index in [2.05, 4.69) is 5.32 Å². The summed E-state index contributed by atoms with van der Waals surface area (Å²) in [4.78, 5) is 11.5. The molecule has 0 radical (unpaired) electrons. The van der Waals surface area contributed by atoms with Gasteiger partial charge in [0.1, 0.15) is 5.75 Å². The molecule has 0 bridgehead atoms. The van der Waals surface area contributed by atoms with Crippen molar-refractivity contribution in [2.24, 2.45) is 0 Å². The SMILES string of the molecule is CCOC(=O)[C@@H]1CNc2c(C)cccc2O1. The van der Waals surface area contributed by atoms with E-state index in [0.29, 0.717) is 18.9 Å². The molecular weight excluding hydrogens is 206 g/mol. The molecule has 1 aliphatic rings. The number of rotatable bonds is 2. The molecule has 16 heavy (non-hydrogen) atoms. The van der Waals surface area contributed by atoms with Gasteiger partial charge in [-0.25, -0.2) is 4.79 Å². The number of para-hydroxylation sites is 1. The van der Waals surface area contributed by atoms with Gasteiger partial charge in [-0.05, 0) is 25.5 Å². The van der Waals surface area contributed by atoms with Gasteiger partial charge in [0, 0.05) is 0 Å². The molecule has 0 unspecified atom stereocenters. The summed E-state index contributed by atoms with van der Waals surface area (Å²) in [6.45, 7) is 4.61. The predicted octanol–water partition coefficient (Wildman–Crippen LogP) is 1.73. The van der Waals surface area contributed by atoms with Gasteiger partial charge >= 0.3 is 5.97 Å². The molecule has 0 spiro atoms. The van der Waals surface area contributed by atoms with Crippen LogP contribution in [0, 0.1) is 6.92 Å². The number of carbonyl (C=O) groups excluding carboxylic acids is 1. The minimum Gasteiger partial charge on any atom is -0.475 e. The molecule has 0 amide bonds. The Kier molecular flexibility index (Phi) is 2.99. The molecule has 1 aromatic rings. The number of hydrogen-bond donors (Lipinski definition) is 1. The molecule has 0 aromatic heterocycles. The maximum Gasteiger partial charge on any atom is 0.349 e. The first-order valence-electron chi connectivity index (χ1n) is 5.39. The fraction of sp³-hybridized carbons (Fsp3) is 0.417. The van der Waals surface area contributed by atoms with Crippen LogP contribution in [0.2, 0.25) is 0 Å². The standard InChI is InChI=1S/C12H15NO3/c1-3-15-12(14)10-7-13-11-8(2)5-4-6-9(11)16-10/h4-6,10,13H,3,7H2,1-2H3/t10-/m0/s1. The third-order valence-corrected chi connectivity index (χ3v) is 2.52. The Labute approximate surface area is 94.6 Å². The van der Waals surface area contributed by atoms with Crippen LogP contribution in [0.3, 0.4) is 0 Å². The highest BCUT2D eigenvalue weighted by Gasteiger charge is 2.27. The zero-order chi connectivity index (χ0) is 11.5. The Hall–Kier alpha value is -1.71. The zero-order valence-corrected chi connectivity index (χ0v) is 9.45. The molecule has 1 aliphatic heterocycles. The van der Waals surface area contributed by atoms with E-state index in [4.69, 9.17) is 9.47 Å². The molecule has 0 fully saturated rings. The first-order valence-corrected chi connectivity index (χ1v) is 5.39. The van der Waals surface area contributed by atoms with Gasteiger partial charge in [-0.15, -0.1) is 0 Å². The zero-order valence-electron chi connectivity index (χ0n) is 9.45. The number of fused-ring (bicyclic) bond motifs is 1.